The Balaban J connectivity index is 1.40. The van der Waals surface area contributed by atoms with Crippen molar-refractivity contribution in [3.63, 3.8) is 0 Å². The topological polar surface area (TPSA) is 150 Å². The molecule has 0 amide bonds. The maximum atomic E-state index is 14.6. The zero-order valence-electron chi connectivity index (χ0n) is 31.3. The summed E-state index contributed by atoms with van der Waals surface area (Å²) in [7, 11) is 0. The van der Waals surface area contributed by atoms with E-state index in [0.717, 1.165) is 32.1 Å². The number of hydrogen-bond donors (Lipinski definition) is 1. The molecule has 0 aromatic heterocycles. The fourth-order valence-corrected chi connectivity index (χ4v) is 12.0. The number of aliphatic carboxylic acids is 1. The molecule has 3 saturated carbocycles. The van der Waals surface area contributed by atoms with Gasteiger partial charge in [0, 0.05) is 6.42 Å². The highest BCUT2D eigenvalue weighted by Gasteiger charge is 2.72. The lowest BCUT2D eigenvalue weighted by Crippen LogP contribution is -2.65. The van der Waals surface area contributed by atoms with Crippen molar-refractivity contribution >= 4 is 35.8 Å². The first kappa shape index (κ1) is 38.5. The van der Waals surface area contributed by atoms with Crippen LogP contribution in [0, 0.1) is 69.5 Å². The minimum atomic E-state index is -0.859. The van der Waals surface area contributed by atoms with Crippen molar-refractivity contribution in [3.8, 4) is 0 Å². The molecule has 1 N–H and O–H groups in total. The van der Waals surface area contributed by atoms with Crippen LogP contribution >= 0.6 is 0 Å². The lowest BCUT2D eigenvalue weighted by molar-refractivity contribution is -0.219. The van der Waals surface area contributed by atoms with E-state index >= 15 is 0 Å². The van der Waals surface area contributed by atoms with E-state index in [1.807, 2.05) is 6.92 Å². The van der Waals surface area contributed by atoms with Gasteiger partial charge in [-0.05, 0) is 117 Å². The van der Waals surface area contributed by atoms with E-state index in [9.17, 15) is 33.9 Å². The molecule has 2 heterocycles. The molecule has 10 heteroatoms. The number of esters is 5. The van der Waals surface area contributed by atoms with E-state index in [1.54, 1.807) is 0 Å². The minimum Gasteiger partial charge on any atom is -0.481 e. The molecule has 0 radical (unpaired) electrons. The van der Waals surface area contributed by atoms with E-state index in [2.05, 4.69) is 41.5 Å². The molecule has 0 aromatic carbocycles. The molecule has 5 aliphatic rings. The fraction of sp³-hybridized carbons (Fsp3) is 0.850. The molecule has 11 unspecified atom stereocenters. The number of carboxylic acids is 1. The van der Waals surface area contributed by atoms with E-state index in [4.69, 9.17) is 14.2 Å². The van der Waals surface area contributed by atoms with Crippen LogP contribution < -0.4 is 0 Å². The number of ether oxygens (including phenoxy) is 3. The van der Waals surface area contributed by atoms with Crippen LogP contribution in [-0.2, 0) is 43.0 Å². The Morgan fingerprint density at radius 2 is 1.62 bits per heavy atom. The average Bonchev–Trinajstić information content (AvgIpc) is 3.54. The molecule has 11 atom stereocenters. The first-order valence-electron chi connectivity index (χ1n) is 19.4. The predicted molar refractivity (Wildman–Crippen MR) is 183 cm³/mol. The van der Waals surface area contributed by atoms with Crippen molar-refractivity contribution in [1.29, 1.82) is 0 Å². The van der Waals surface area contributed by atoms with Gasteiger partial charge in [-0.2, -0.15) is 0 Å². The van der Waals surface area contributed by atoms with Crippen molar-refractivity contribution in [3.05, 3.63) is 0 Å². The lowest BCUT2D eigenvalue weighted by Gasteiger charge is -2.68. The smallest absolute Gasteiger partial charge is 0.318 e. The van der Waals surface area contributed by atoms with Crippen LogP contribution in [0.4, 0.5) is 0 Å². The Morgan fingerprint density at radius 3 is 2.22 bits per heavy atom. The summed E-state index contributed by atoms with van der Waals surface area (Å²) in [4.78, 5) is 76.8. The summed E-state index contributed by atoms with van der Waals surface area (Å²) in [6, 6.07) is 0. The highest BCUT2D eigenvalue weighted by Crippen LogP contribution is 2.73. The number of carbonyl (C=O) groups excluding carboxylic acids is 5. The summed E-state index contributed by atoms with van der Waals surface area (Å²) in [5, 5.41) is 9.20. The van der Waals surface area contributed by atoms with Crippen LogP contribution in [0.25, 0.3) is 0 Å². The van der Waals surface area contributed by atoms with Crippen molar-refractivity contribution in [2.75, 3.05) is 0 Å². The van der Waals surface area contributed by atoms with Crippen molar-refractivity contribution in [1.82, 2.24) is 0 Å². The van der Waals surface area contributed by atoms with Crippen molar-refractivity contribution in [2.45, 2.75) is 144 Å². The third kappa shape index (κ3) is 6.66. The summed E-state index contributed by atoms with van der Waals surface area (Å²) in [5.74, 6) is -3.69. The normalized spacial score (nSPS) is 37.9. The van der Waals surface area contributed by atoms with Crippen LogP contribution in [0.5, 0.6) is 0 Å². The van der Waals surface area contributed by atoms with Gasteiger partial charge in [0.05, 0.1) is 29.6 Å². The largest absolute Gasteiger partial charge is 0.481 e. The van der Waals surface area contributed by atoms with Gasteiger partial charge in [-0.25, -0.2) is 0 Å². The third-order valence-corrected chi connectivity index (χ3v) is 14.6. The predicted octanol–water partition coefficient (Wildman–Crippen LogP) is 7.30. The molecular weight excluding hydrogens is 640 g/mol. The van der Waals surface area contributed by atoms with Crippen LogP contribution in [0.3, 0.4) is 0 Å². The van der Waals surface area contributed by atoms with Crippen LogP contribution in [-0.4, -0.2) is 47.0 Å². The molecule has 3 aliphatic carbocycles. The molecule has 10 nitrogen and oxygen atoms in total. The quantitative estimate of drug-likeness (QED) is 0.0846. The number of rotatable bonds is 14. The van der Waals surface area contributed by atoms with Gasteiger partial charge in [0.25, 0.3) is 0 Å². The van der Waals surface area contributed by atoms with E-state index in [0.29, 0.717) is 44.9 Å². The SMILES string of the molecule is CCC(CCC(CCCCC(=O)O)OC(=O)C1(C)CCCC2(C)C1CCC1(C(C)C)C3C(=O)OC(=O)C3C(C(C)C)CC21)C1CC(=O)OC1=O. The molecule has 0 aromatic rings. The van der Waals surface area contributed by atoms with Crippen LogP contribution in [0.1, 0.15) is 138 Å². The molecule has 50 heavy (non-hydrogen) atoms. The second kappa shape index (κ2) is 14.7. The lowest BCUT2D eigenvalue weighted by atomic mass is 9.35. The molecular formula is C40H60O10. The van der Waals surface area contributed by atoms with Crippen LogP contribution in [0.15, 0.2) is 0 Å². The number of hydrogen-bond acceptors (Lipinski definition) is 9. The molecule has 2 saturated heterocycles. The summed E-state index contributed by atoms with van der Waals surface area (Å²) < 4.78 is 16.7. The van der Waals surface area contributed by atoms with Gasteiger partial charge in [-0.1, -0.05) is 54.4 Å². The Bertz CT molecular complexity index is 1350. The molecule has 5 fully saturated rings. The summed E-state index contributed by atoms with van der Waals surface area (Å²) >= 11 is 0. The molecule has 2 aliphatic heterocycles. The summed E-state index contributed by atoms with van der Waals surface area (Å²) in [6.07, 6.45) is 7.89. The highest BCUT2D eigenvalue weighted by atomic mass is 16.6. The standard InChI is InChI=1S/C40H60O10/c1-8-24(27-21-31(43)49-34(27)44)14-15-25(12-9-10-13-30(41)42)48-37(47)39(7)18-11-17-38(6)28(39)16-19-40(23(4)5)29(38)20-26(22(2)3)32-33(40)36(46)50-35(32)45/h22-29,32-33H,8-21H2,1-7H3,(H,41,42). The number of fused-ring (bicyclic) bond motifs is 5. The zero-order chi connectivity index (χ0) is 36.8. The average molecular weight is 701 g/mol. The van der Waals surface area contributed by atoms with Crippen molar-refractivity contribution in [2.24, 2.45) is 69.5 Å². The molecule has 280 valence electrons. The summed E-state index contributed by atoms with van der Waals surface area (Å²) in [5.41, 5.74) is -1.40. The molecule has 5 rings (SSSR count). The molecule has 0 bridgehead atoms. The second-order valence-electron chi connectivity index (χ2n) is 17.6. The van der Waals surface area contributed by atoms with E-state index in [1.165, 1.54) is 0 Å². The maximum Gasteiger partial charge on any atom is 0.318 e. The minimum absolute atomic E-state index is 0.0284. The first-order chi connectivity index (χ1) is 23.5. The Kier molecular flexibility index (Phi) is 11.3. The monoisotopic (exact) mass is 700 g/mol. The fourth-order valence-electron chi connectivity index (χ4n) is 12.0. The second-order valence-corrected chi connectivity index (χ2v) is 17.6. The van der Waals surface area contributed by atoms with Crippen LogP contribution in [0.2, 0.25) is 0 Å². The summed E-state index contributed by atoms with van der Waals surface area (Å²) in [6.45, 7) is 15.0. The first-order valence-corrected chi connectivity index (χ1v) is 19.4. The van der Waals surface area contributed by atoms with Gasteiger partial charge in [0.1, 0.15) is 6.10 Å². The van der Waals surface area contributed by atoms with Gasteiger partial charge in [-0.15, -0.1) is 0 Å². The number of carbonyl (C=O) groups is 6. The van der Waals surface area contributed by atoms with Gasteiger partial charge in [0.2, 0.25) is 0 Å². The van der Waals surface area contributed by atoms with Gasteiger partial charge >= 0.3 is 35.8 Å². The Morgan fingerprint density at radius 1 is 0.900 bits per heavy atom. The number of unbranched alkanes of at least 4 members (excludes halogenated alkanes) is 1. The highest BCUT2D eigenvalue weighted by molar-refractivity contribution is 5.97. The van der Waals surface area contributed by atoms with Gasteiger partial charge < -0.3 is 19.3 Å². The van der Waals surface area contributed by atoms with Gasteiger partial charge in [0.15, 0.2) is 0 Å². The zero-order valence-corrected chi connectivity index (χ0v) is 31.3. The number of cyclic esters (lactones) is 4. The maximum absolute atomic E-state index is 14.6. The molecule has 0 spiro atoms. The Hall–Kier alpha value is -2.78. The van der Waals surface area contributed by atoms with E-state index in [-0.39, 0.29) is 71.7 Å². The van der Waals surface area contributed by atoms with E-state index < -0.39 is 52.6 Å². The van der Waals surface area contributed by atoms with Crippen molar-refractivity contribution < 1.29 is 48.1 Å². The third-order valence-electron chi connectivity index (χ3n) is 14.6. The number of carboxylic acid groups (broad SMARTS) is 1. The Labute approximate surface area is 297 Å². The van der Waals surface area contributed by atoms with Gasteiger partial charge in [-0.3, -0.25) is 28.8 Å².